The van der Waals surface area contributed by atoms with E-state index >= 15 is 0 Å². The fraction of sp³-hybridized carbons (Fsp3) is 0.478. The first-order valence-corrected chi connectivity index (χ1v) is 11.6. The van der Waals surface area contributed by atoms with Crippen LogP contribution in [0.4, 0.5) is 0 Å². The molecule has 1 saturated heterocycles. The number of esters is 2. The zero-order valence-electron chi connectivity index (χ0n) is 18.5. The predicted octanol–water partition coefficient (Wildman–Crippen LogP) is 3.38. The number of rotatable bonds is 8. The van der Waals surface area contributed by atoms with E-state index in [9.17, 15) is 14.4 Å². The number of piperidine rings is 1. The van der Waals surface area contributed by atoms with Crippen LogP contribution >= 0.6 is 11.3 Å². The van der Waals surface area contributed by atoms with Crippen molar-refractivity contribution in [1.29, 1.82) is 0 Å². The summed E-state index contributed by atoms with van der Waals surface area (Å²) in [5, 5.41) is 2.92. The van der Waals surface area contributed by atoms with Crippen molar-refractivity contribution in [3.05, 3.63) is 45.9 Å². The molecule has 1 aromatic carbocycles. The van der Waals surface area contributed by atoms with E-state index < -0.39 is 12.1 Å². The number of likely N-dealkylation sites (tertiary alicyclic amines) is 1. The Kier molecular flexibility index (Phi) is 8.21. The maximum atomic E-state index is 12.7. The van der Waals surface area contributed by atoms with E-state index in [2.05, 4.69) is 4.98 Å². The standard InChI is InChI=1S/C23H28N2O6S/c1-4-29-22(27)18-9-11-25(12-10-18)21(26)15(2)31-23(28)17-5-7-20(8-6-17)30-13-19-14-32-16(3)24-19/h5-8,14-15,18H,4,9-13H2,1-3H3. The zero-order valence-corrected chi connectivity index (χ0v) is 19.4. The van der Waals surface area contributed by atoms with E-state index in [-0.39, 0.29) is 17.8 Å². The van der Waals surface area contributed by atoms with E-state index in [0.29, 0.717) is 50.5 Å². The average molecular weight is 461 g/mol. The summed E-state index contributed by atoms with van der Waals surface area (Å²) in [5.41, 5.74) is 1.19. The molecular weight excluding hydrogens is 432 g/mol. The minimum Gasteiger partial charge on any atom is -0.487 e. The summed E-state index contributed by atoms with van der Waals surface area (Å²) in [5.74, 6) is -0.626. The van der Waals surface area contributed by atoms with Crippen molar-refractivity contribution in [1.82, 2.24) is 9.88 Å². The molecule has 0 N–H and O–H groups in total. The Morgan fingerprint density at radius 2 is 1.88 bits per heavy atom. The second-order valence-corrected chi connectivity index (χ2v) is 8.63. The minimum absolute atomic E-state index is 0.183. The molecule has 1 aliphatic heterocycles. The second kappa shape index (κ2) is 11.1. The first-order valence-electron chi connectivity index (χ1n) is 10.7. The predicted molar refractivity (Wildman–Crippen MR) is 118 cm³/mol. The number of nitrogens with zero attached hydrogens (tertiary/aromatic N) is 2. The average Bonchev–Trinajstić information content (AvgIpc) is 3.22. The van der Waals surface area contributed by atoms with Crippen LogP contribution in [0.15, 0.2) is 29.6 Å². The fourth-order valence-corrected chi connectivity index (χ4v) is 4.05. The van der Waals surface area contributed by atoms with Gasteiger partial charge in [-0.3, -0.25) is 9.59 Å². The van der Waals surface area contributed by atoms with Gasteiger partial charge < -0.3 is 19.1 Å². The molecule has 32 heavy (non-hydrogen) atoms. The molecule has 0 saturated carbocycles. The first-order chi connectivity index (χ1) is 15.4. The summed E-state index contributed by atoms with van der Waals surface area (Å²) < 4.78 is 16.1. The Hall–Kier alpha value is -2.94. The fourth-order valence-electron chi connectivity index (χ4n) is 3.45. The van der Waals surface area contributed by atoms with Crippen molar-refractivity contribution in [2.24, 2.45) is 5.92 Å². The van der Waals surface area contributed by atoms with E-state index in [0.717, 1.165) is 10.7 Å². The molecule has 0 aliphatic carbocycles. The van der Waals surface area contributed by atoms with Crippen LogP contribution in [0.5, 0.6) is 5.75 Å². The highest BCUT2D eigenvalue weighted by Crippen LogP contribution is 2.20. The molecule has 1 unspecified atom stereocenters. The van der Waals surface area contributed by atoms with E-state index in [4.69, 9.17) is 14.2 Å². The van der Waals surface area contributed by atoms with Gasteiger partial charge in [0.25, 0.3) is 5.91 Å². The molecule has 0 bridgehead atoms. The molecule has 0 radical (unpaired) electrons. The Morgan fingerprint density at radius 3 is 2.47 bits per heavy atom. The highest BCUT2D eigenvalue weighted by molar-refractivity contribution is 7.09. The largest absolute Gasteiger partial charge is 0.487 e. The van der Waals surface area contributed by atoms with Crippen molar-refractivity contribution >= 4 is 29.2 Å². The third-order valence-electron chi connectivity index (χ3n) is 5.20. The summed E-state index contributed by atoms with van der Waals surface area (Å²) >= 11 is 1.56. The van der Waals surface area contributed by atoms with Crippen LogP contribution in [-0.2, 0) is 25.7 Å². The van der Waals surface area contributed by atoms with Gasteiger partial charge in [0.1, 0.15) is 12.4 Å². The number of carbonyl (C=O) groups is 3. The third kappa shape index (κ3) is 6.29. The minimum atomic E-state index is -0.912. The van der Waals surface area contributed by atoms with Gasteiger partial charge >= 0.3 is 11.9 Å². The maximum Gasteiger partial charge on any atom is 0.338 e. The number of benzene rings is 1. The molecule has 0 spiro atoms. The second-order valence-electron chi connectivity index (χ2n) is 7.57. The first kappa shape index (κ1) is 23.7. The zero-order chi connectivity index (χ0) is 23.1. The molecule has 1 atom stereocenters. The molecule has 1 aromatic heterocycles. The van der Waals surface area contributed by atoms with Crippen LogP contribution < -0.4 is 4.74 Å². The van der Waals surface area contributed by atoms with E-state index in [1.165, 1.54) is 0 Å². The molecular formula is C23H28N2O6S. The van der Waals surface area contributed by atoms with Crippen molar-refractivity contribution in [2.45, 2.75) is 46.3 Å². The van der Waals surface area contributed by atoms with Crippen molar-refractivity contribution in [3.8, 4) is 5.75 Å². The van der Waals surface area contributed by atoms with Crippen molar-refractivity contribution in [3.63, 3.8) is 0 Å². The monoisotopic (exact) mass is 460 g/mol. The maximum absolute atomic E-state index is 12.7. The van der Waals surface area contributed by atoms with Crippen LogP contribution in [0.1, 0.15) is 47.7 Å². The van der Waals surface area contributed by atoms with Gasteiger partial charge in [0.05, 0.1) is 28.8 Å². The number of aromatic nitrogens is 1. The number of ether oxygens (including phenoxy) is 3. The lowest BCUT2D eigenvalue weighted by Gasteiger charge is -2.32. The highest BCUT2D eigenvalue weighted by Gasteiger charge is 2.31. The SMILES string of the molecule is CCOC(=O)C1CCN(C(=O)C(C)OC(=O)c2ccc(OCc3csc(C)n3)cc2)CC1. The van der Waals surface area contributed by atoms with Crippen molar-refractivity contribution in [2.75, 3.05) is 19.7 Å². The summed E-state index contributed by atoms with van der Waals surface area (Å²) in [4.78, 5) is 42.9. The molecule has 1 fully saturated rings. The smallest absolute Gasteiger partial charge is 0.338 e. The van der Waals surface area contributed by atoms with Crippen LogP contribution in [0.2, 0.25) is 0 Å². The van der Waals surface area contributed by atoms with Crippen LogP contribution in [0, 0.1) is 12.8 Å². The molecule has 8 nitrogen and oxygen atoms in total. The molecule has 3 rings (SSSR count). The molecule has 172 valence electrons. The Balaban J connectivity index is 1.46. The van der Waals surface area contributed by atoms with Gasteiger partial charge in [-0.05, 0) is 57.9 Å². The molecule has 2 heterocycles. The van der Waals surface area contributed by atoms with Gasteiger partial charge in [-0.15, -0.1) is 11.3 Å². The van der Waals surface area contributed by atoms with Crippen LogP contribution in [0.3, 0.4) is 0 Å². The highest BCUT2D eigenvalue weighted by atomic mass is 32.1. The van der Waals surface area contributed by atoms with Gasteiger partial charge in [0.2, 0.25) is 0 Å². The number of hydrogen-bond acceptors (Lipinski definition) is 8. The number of amides is 1. The quantitative estimate of drug-likeness (QED) is 0.557. The Bertz CT molecular complexity index is 934. The van der Waals surface area contributed by atoms with Crippen LogP contribution in [-0.4, -0.2) is 53.5 Å². The van der Waals surface area contributed by atoms with Crippen molar-refractivity contribution < 1.29 is 28.6 Å². The number of hydrogen-bond donors (Lipinski definition) is 0. The Labute approximate surface area is 191 Å². The van der Waals surface area contributed by atoms with Crippen LogP contribution in [0.25, 0.3) is 0 Å². The van der Waals surface area contributed by atoms with Gasteiger partial charge in [0.15, 0.2) is 6.10 Å². The molecule has 2 aromatic rings. The number of carbonyl (C=O) groups excluding carboxylic acids is 3. The van der Waals surface area contributed by atoms with Gasteiger partial charge in [-0.25, -0.2) is 9.78 Å². The topological polar surface area (TPSA) is 95.0 Å². The number of aryl methyl sites for hydroxylation is 1. The lowest BCUT2D eigenvalue weighted by Crippen LogP contribution is -2.45. The lowest BCUT2D eigenvalue weighted by atomic mass is 9.97. The summed E-state index contributed by atoms with van der Waals surface area (Å²) in [6, 6.07) is 6.57. The van der Waals surface area contributed by atoms with Gasteiger partial charge in [-0.2, -0.15) is 0 Å². The molecule has 1 amide bonds. The summed E-state index contributed by atoms with van der Waals surface area (Å²) in [7, 11) is 0. The van der Waals surface area contributed by atoms with E-state index in [1.807, 2.05) is 12.3 Å². The van der Waals surface area contributed by atoms with Gasteiger partial charge in [-0.1, -0.05) is 0 Å². The molecule has 1 aliphatic rings. The number of thiazole rings is 1. The summed E-state index contributed by atoms with van der Waals surface area (Å²) in [6.07, 6.45) is 0.186. The van der Waals surface area contributed by atoms with E-state index in [1.54, 1.807) is 54.3 Å². The lowest BCUT2D eigenvalue weighted by molar-refractivity contribution is -0.152. The third-order valence-corrected chi connectivity index (χ3v) is 6.02. The normalized spacial score (nSPS) is 15.2. The summed E-state index contributed by atoms with van der Waals surface area (Å²) in [6.45, 7) is 6.85. The van der Waals surface area contributed by atoms with Gasteiger partial charge in [0, 0.05) is 18.5 Å². The Morgan fingerprint density at radius 1 is 1.19 bits per heavy atom. The molecule has 9 heteroatoms.